The first-order valence-electron chi connectivity index (χ1n) is 3.80. The van der Waals surface area contributed by atoms with Gasteiger partial charge in [-0.25, -0.2) is 4.39 Å². The van der Waals surface area contributed by atoms with Crippen LogP contribution in [0.4, 0.5) is 17.6 Å². The zero-order valence-electron chi connectivity index (χ0n) is 6.79. The van der Waals surface area contributed by atoms with Crippen LogP contribution in [0.5, 0.6) is 0 Å². The average molecular weight is 195 g/mol. The highest BCUT2D eigenvalue weighted by molar-refractivity contribution is 5.33. The molecule has 0 amide bonds. The van der Waals surface area contributed by atoms with Crippen LogP contribution in [0.1, 0.15) is 12.8 Å². The zero-order valence-corrected chi connectivity index (χ0v) is 6.79. The molecule has 13 heavy (non-hydrogen) atoms. The summed E-state index contributed by atoms with van der Waals surface area (Å²) in [6, 6.07) is 0. The highest BCUT2D eigenvalue weighted by Gasteiger charge is 2.34. The Balaban J connectivity index is 2.93. The molecule has 1 aliphatic carbocycles. The second-order valence-electron chi connectivity index (χ2n) is 2.80. The molecule has 0 heterocycles. The largest absolute Gasteiger partial charge is 0.412 e. The molecule has 0 spiro atoms. The fourth-order valence-electron chi connectivity index (χ4n) is 1.16. The Bertz CT molecular complexity index is 262. The predicted octanol–water partition coefficient (Wildman–Crippen LogP) is 2.45. The van der Waals surface area contributed by atoms with Gasteiger partial charge in [0.05, 0.1) is 0 Å². The third-order valence-corrected chi connectivity index (χ3v) is 1.89. The summed E-state index contributed by atoms with van der Waals surface area (Å²) in [6.07, 6.45) is -4.04. The average Bonchev–Trinajstić information content (AvgIpc) is 2.03. The van der Waals surface area contributed by atoms with Crippen molar-refractivity contribution in [2.75, 3.05) is 6.54 Å². The molecule has 1 nitrogen and oxygen atoms in total. The van der Waals surface area contributed by atoms with Crippen molar-refractivity contribution in [3.8, 4) is 0 Å². The lowest BCUT2D eigenvalue weighted by atomic mass is 9.98. The van der Waals surface area contributed by atoms with Crippen LogP contribution in [0.2, 0.25) is 0 Å². The SMILES string of the molecule is NCC1=C(F)CCC(C(F)(F)F)=C1. The maximum atomic E-state index is 12.8. The summed E-state index contributed by atoms with van der Waals surface area (Å²) in [5, 5.41) is 0. The van der Waals surface area contributed by atoms with Crippen LogP contribution in [-0.4, -0.2) is 12.7 Å². The fraction of sp³-hybridized carbons (Fsp3) is 0.500. The highest BCUT2D eigenvalue weighted by Crippen LogP contribution is 2.35. The van der Waals surface area contributed by atoms with Crippen molar-refractivity contribution >= 4 is 0 Å². The van der Waals surface area contributed by atoms with Crippen LogP contribution in [0.15, 0.2) is 23.0 Å². The molecule has 0 radical (unpaired) electrons. The first kappa shape index (κ1) is 10.2. The smallest absolute Gasteiger partial charge is 0.326 e. The summed E-state index contributed by atoms with van der Waals surface area (Å²) in [5.74, 6) is -0.532. The van der Waals surface area contributed by atoms with Gasteiger partial charge in [-0.1, -0.05) is 0 Å². The molecule has 0 atom stereocenters. The minimum absolute atomic E-state index is 0.0430. The van der Waals surface area contributed by atoms with Gasteiger partial charge in [-0.3, -0.25) is 0 Å². The van der Waals surface area contributed by atoms with E-state index in [9.17, 15) is 17.6 Å². The van der Waals surface area contributed by atoms with E-state index in [1.165, 1.54) is 0 Å². The standard InChI is InChI=1S/C8H9F4N/c9-7-2-1-6(8(10,11)12)3-5(7)4-13/h3H,1-2,4,13H2. The van der Waals surface area contributed by atoms with Crippen molar-refractivity contribution in [1.82, 2.24) is 0 Å². The maximum absolute atomic E-state index is 12.8. The Hall–Kier alpha value is -0.840. The molecular formula is C8H9F4N. The zero-order chi connectivity index (χ0) is 10.1. The third kappa shape index (κ3) is 2.30. The summed E-state index contributed by atoms with van der Waals surface area (Å²) in [5.41, 5.74) is 4.35. The van der Waals surface area contributed by atoms with Crippen LogP contribution in [0, 0.1) is 0 Å². The van der Waals surface area contributed by atoms with Gasteiger partial charge in [0.2, 0.25) is 0 Å². The van der Waals surface area contributed by atoms with Crippen molar-refractivity contribution in [3.05, 3.63) is 23.0 Å². The number of rotatable bonds is 1. The molecule has 74 valence electrons. The first-order chi connectivity index (χ1) is 5.95. The van der Waals surface area contributed by atoms with Crippen LogP contribution in [0.3, 0.4) is 0 Å². The number of hydrogen-bond donors (Lipinski definition) is 1. The van der Waals surface area contributed by atoms with Gasteiger partial charge in [0.25, 0.3) is 0 Å². The van der Waals surface area contributed by atoms with Gasteiger partial charge in [0, 0.05) is 18.5 Å². The molecule has 0 aliphatic heterocycles. The maximum Gasteiger partial charge on any atom is 0.412 e. The van der Waals surface area contributed by atoms with Crippen molar-refractivity contribution in [2.24, 2.45) is 5.73 Å². The minimum atomic E-state index is -4.36. The van der Waals surface area contributed by atoms with Crippen LogP contribution in [0.25, 0.3) is 0 Å². The second-order valence-corrected chi connectivity index (χ2v) is 2.80. The summed E-state index contributed by atoms with van der Waals surface area (Å²) in [7, 11) is 0. The van der Waals surface area contributed by atoms with Crippen molar-refractivity contribution in [2.45, 2.75) is 19.0 Å². The highest BCUT2D eigenvalue weighted by atomic mass is 19.4. The van der Waals surface area contributed by atoms with E-state index >= 15 is 0 Å². The quantitative estimate of drug-likeness (QED) is 0.639. The molecule has 1 aliphatic rings. The Morgan fingerprint density at radius 1 is 1.31 bits per heavy atom. The topological polar surface area (TPSA) is 26.0 Å². The number of nitrogens with two attached hydrogens (primary N) is 1. The molecule has 0 saturated carbocycles. The van der Waals surface area contributed by atoms with Gasteiger partial charge in [0.15, 0.2) is 0 Å². The van der Waals surface area contributed by atoms with Gasteiger partial charge >= 0.3 is 6.18 Å². The van der Waals surface area contributed by atoms with Crippen LogP contribution in [-0.2, 0) is 0 Å². The molecular weight excluding hydrogens is 186 g/mol. The molecule has 0 fully saturated rings. The Labute approximate surface area is 72.9 Å². The molecule has 0 aromatic carbocycles. The van der Waals surface area contributed by atoms with Crippen molar-refractivity contribution in [3.63, 3.8) is 0 Å². The molecule has 2 N–H and O–H groups in total. The Morgan fingerprint density at radius 2 is 1.92 bits per heavy atom. The van der Waals surface area contributed by atoms with Gasteiger partial charge < -0.3 is 5.73 Å². The normalized spacial score (nSPS) is 19.0. The van der Waals surface area contributed by atoms with Gasteiger partial charge in [0.1, 0.15) is 5.83 Å². The van der Waals surface area contributed by atoms with Crippen LogP contribution < -0.4 is 5.73 Å². The summed E-state index contributed by atoms with van der Waals surface area (Å²) in [6.45, 7) is -0.189. The van der Waals surface area contributed by atoms with Crippen molar-refractivity contribution < 1.29 is 17.6 Å². The molecule has 0 saturated heterocycles. The first-order valence-corrected chi connectivity index (χ1v) is 3.80. The number of alkyl halides is 3. The molecule has 1 rings (SSSR count). The number of hydrogen-bond acceptors (Lipinski definition) is 1. The summed E-state index contributed by atoms with van der Waals surface area (Å²) >= 11 is 0. The van der Waals surface area contributed by atoms with E-state index in [0.29, 0.717) is 0 Å². The van der Waals surface area contributed by atoms with Gasteiger partial charge in [-0.05, 0) is 18.1 Å². The Morgan fingerprint density at radius 3 is 2.38 bits per heavy atom. The number of halogens is 4. The van der Waals surface area contributed by atoms with Crippen LogP contribution >= 0.6 is 0 Å². The van der Waals surface area contributed by atoms with Gasteiger partial charge in [-0.15, -0.1) is 0 Å². The van der Waals surface area contributed by atoms with E-state index in [1.807, 2.05) is 0 Å². The van der Waals surface area contributed by atoms with E-state index in [1.54, 1.807) is 0 Å². The predicted molar refractivity (Wildman–Crippen MR) is 40.6 cm³/mol. The third-order valence-electron chi connectivity index (χ3n) is 1.89. The van der Waals surface area contributed by atoms with E-state index in [4.69, 9.17) is 5.73 Å². The minimum Gasteiger partial charge on any atom is -0.326 e. The Kier molecular flexibility index (Phi) is 2.75. The van der Waals surface area contributed by atoms with E-state index in [-0.39, 0.29) is 25.0 Å². The summed E-state index contributed by atoms with van der Waals surface area (Å²) < 4.78 is 49.2. The lowest BCUT2D eigenvalue weighted by Crippen LogP contribution is -2.16. The fourth-order valence-corrected chi connectivity index (χ4v) is 1.16. The monoisotopic (exact) mass is 195 g/mol. The molecule has 0 aromatic heterocycles. The van der Waals surface area contributed by atoms with Gasteiger partial charge in [-0.2, -0.15) is 13.2 Å². The summed E-state index contributed by atoms with van der Waals surface area (Å²) in [4.78, 5) is 0. The second kappa shape index (κ2) is 3.49. The number of allylic oxidation sites excluding steroid dienone is 2. The van der Waals surface area contributed by atoms with Crippen molar-refractivity contribution in [1.29, 1.82) is 0 Å². The van der Waals surface area contributed by atoms with E-state index in [0.717, 1.165) is 6.08 Å². The molecule has 0 aromatic rings. The lowest BCUT2D eigenvalue weighted by Gasteiger charge is -2.16. The van der Waals surface area contributed by atoms with E-state index in [2.05, 4.69) is 0 Å². The molecule has 0 unspecified atom stereocenters. The lowest BCUT2D eigenvalue weighted by molar-refractivity contribution is -0.0943. The molecule has 0 bridgehead atoms. The molecule has 5 heteroatoms. The van der Waals surface area contributed by atoms with E-state index < -0.39 is 17.6 Å².